The van der Waals surface area contributed by atoms with Gasteiger partial charge >= 0.3 is 0 Å². The molecule has 0 amide bonds. The van der Waals surface area contributed by atoms with Crippen LogP contribution in [-0.2, 0) is 0 Å². The van der Waals surface area contributed by atoms with E-state index in [0.29, 0.717) is 10.7 Å². The summed E-state index contributed by atoms with van der Waals surface area (Å²) in [5.41, 5.74) is 5.77. The summed E-state index contributed by atoms with van der Waals surface area (Å²) in [4.78, 5) is 12.5. The van der Waals surface area contributed by atoms with Gasteiger partial charge in [-0.1, -0.05) is 11.6 Å². The third-order valence-electron chi connectivity index (χ3n) is 3.37. The highest BCUT2D eigenvalue weighted by Gasteiger charge is 2.46. The molecule has 1 aromatic rings. The Bertz CT molecular complexity index is 447. The first-order chi connectivity index (χ1) is 7.85. The van der Waals surface area contributed by atoms with E-state index in [1.807, 2.05) is 13.8 Å². The number of carbonyl (C=O) groups excluding carboxylic acids is 1. The number of hydrogen-bond acceptors (Lipinski definition) is 3. The lowest BCUT2D eigenvalue weighted by atomic mass is 9.90. The fourth-order valence-corrected chi connectivity index (χ4v) is 2.28. The second kappa shape index (κ2) is 4.10. The molecule has 0 radical (unpaired) electrons. The maximum absolute atomic E-state index is 12.5. The Morgan fingerprint density at radius 3 is 2.71 bits per heavy atom. The summed E-state index contributed by atoms with van der Waals surface area (Å²) < 4.78 is 1.65. The minimum absolute atomic E-state index is 0.0939. The number of aromatic nitrogens is 2. The highest BCUT2D eigenvalue weighted by molar-refractivity contribution is 6.34. The van der Waals surface area contributed by atoms with E-state index < -0.39 is 5.54 Å². The quantitative estimate of drug-likeness (QED) is 0.841. The minimum Gasteiger partial charge on any atom is -0.319 e. The fourth-order valence-electron chi connectivity index (χ4n) is 2.07. The second-order valence-electron chi connectivity index (χ2n) is 5.27. The van der Waals surface area contributed by atoms with E-state index in [2.05, 4.69) is 5.10 Å². The van der Waals surface area contributed by atoms with E-state index in [1.54, 1.807) is 11.6 Å². The first-order valence-electron chi connectivity index (χ1n) is 5.92. The second-order valence-corrected chi connectivity index (χ2v) is 5.67. The van der Waals surface area contributed by atoms with Crippen molar-refractivity contribution in [3.63, 3.8) is 0 Å². The largest absolute Gasteiger partial charge is 0.319 e. The number of carbonyl (C=O) groups is 1. The lowest BCUT2D eigenvalue weighted by Crippen LogP contribution is -2.48. The van der Waals surface area contributed by atoms with E-state index in [-0.39, 0.29) is 17.7 Å². The highest BCUT2D eigenvalue weighted by Crippen LogP contribution is 2.40. The molecule has 0 saturated heterocycles. The summed E-state index contributed by atoms with van der Waals surface area (Å²) in [5.74, 6) is 0.178. The van der Waals surface area contributed by atoms with Gasteiger partial charge in [-0.2, -0.15) is 5.10 Å². The summed E-state index contributed by atoms with van der Waals surface area (Å²) in [7, 11) is 0. The third-order valence-corrected chi connectivity index (χ3v) is 3.65. The molecule has 1 unspecified atom stereocenters. The van der Waals surface area contributed by atoms with Crippen molar-refractivity contribution in [2.45, 2.75) is 45.2 Å². The van der Waals surface area contributed by atoms with Crippen molar-refractivity contribution in [3.05, 3.63) is 16.9 Å². The van der Waals surface area contributed by atoms with Crippen molar-refractivity contribution < 1.29 is 4.79 Å². The van der Waals surface area contributed by atoms with Gasteiger partial charge < -0.3 is 5.73 Å². The summed E-state index contributed by atoms with van der Waals surface area (Å²) in [6.45, 7) is 5.72. The Morgan fingerprint density at radius 1 is 1.65 bits per heavy atom. The molecular weight excluding hydrogens is 238 g/mol. The average molecular weight is 256 g/mol. The topological polar surface area (TPSA) is 60.9 Å². The standard InChI is InChI=1S/C12H18ClN3O/c1-7(2)16-10(9(13)6-15-16)11(17)12(3,14)8-4-5-8/h6-8H,4-5,14H2,1-3H3. The van der Waals surface area contributed by atoms with Crippen LogP contribution in [0.1, 0.15) is 50.1 Å². The van der Waals surface area contributed by atoms with E-state index in [1.165, 1.54) is 6.20 Å². The van der Waals surface area contributed by atoms with Crippen LogP contribution in [-0.4, -0.2) is 21.1 Å². The molecule has 17 heavy (non-hydrogen) atoms. The van der Waals surface area contributed by atoms with Crippen LogP contribution in [0.2, 0.25) is 5.02 Å². The average Bonchev–Trinajstić information content (AvgIpc) is 3.01. The monoisotopic (exact) mass is 255 g/mol. The Morgan fingerprint density at radius 2 is 2.24 bits per heavy atom. The number of nitrogens with zero attached hydrogens (tertiary/aromatic N) is 2. The van der Waals surface area contributed by atoms with E-state index in [0.717, 1.165) is 12.8 Å². The Balaban J connectivity index is 2.39. The van der Waals surface area contributed by atoms with E-state index >= 15 is 0 Å². The molecule has 5 heteroatoms. The number of Topliss-reactive ketones (excluding diaryl/α,β-unsaturated/α-hetero) is 1. The van der Waals surface area contributed by atoms with Crippen molar-refractivity contribution in [2.24, 2.45) is 11.7 Å². The van der Waals surface area contributed by atoms with Gasteiger partial charge in [-0.3, -0.25) is 9.48 Å². The molecule has 1 fully saturated rings. The van der Waals surface area contributed by atoms with Gasteiger partial charge in [0.1, 0.15) is 5.69 Å². The van der Waals surface area contributed by atoms with Gasteiger partial charge in [0.15, 0.2) is 0 Å². The van der Waals surface area contributed by atoms with Crippen molar-refractivity contribution in [1.82, 2.24) is 9.78 Å². The molecule has 0 spiro atoms. The van der Waals surface area contributed by atoms with Gasteiger partial charge in [0.2, 0.25) is 5.78 Å². The summed E-state index contributed by atoms with van der Waals surface area (Å²) in [5, 5.41) is 4.53. The van der Waals surface area contributed by atoms with Crippen molar-refractivity contribution >= 4 is 17.4 Å². The number of hydrogen-bond donors (Lipinski definition) is 1. The highest BCUT2D eigenvalue weighted by atomic mass is 35.5. The molecule has 2 rings (SSSR count). The fraction of sp³-hybridized carbons (Fsp3) is 0.667. The van der Waals surface area contributed by atoms with Crippen LogP contribution in [0.4, 0.5) is 0 Å². The maximum atomic E-state index is 12.5. The predicted octanol–water partition coefficient (Wildman–Crippen LogP) is 2.43. The zero-order valence-corrected chi connectivity index (χ0v) is 11.2. The van der Waals surface area contributed by atoms with Crippen LogP contribution in [0.25, 0.3) is 0 Å². The zero-order chi connectivity index (χ0) is 12.8. The summed E-state index contributed by atoms with van der Waals surface area (Å²) >= 11 is 6.06. The van der Waals surface area contributed by atoms with Crippen LogP contribution < -0.4 is 5.73 Å². The molecule has 1 heterocycles. The van der Waals surface area contributed by atoms with Crippen LogP contribution in [0.3, 0.4) is 0 Å². The van der Waals surface area contributed by atoms with Crippen LogP contribution in [0.15, 0.2) is 6.20 Å². The lowest BCUT2D eigenvalue weighted by Gasteiger charge is -2.24. The lowest BCUT2D eigenvalue weighted by molar-refractivity contribution is 0.0870. The third kappa shape index (κ3) is 2.11. The number of ketones is 1. The molecule has 1 aromatic heterocycles. The zero-order valence-electron chi connectivity index (χ0n) is 10.4. The molecule has 0 aromatic carbocycles. The SMILES string of the molecule is CC(C)n1ncc(Cl)c1C(=O)C(C)(N)C1CC1. The van der Waals surface area contributed by atoms with Gasteiger partial charge in [-0.15, -0.1) is 0 Å². The summed E-state index contributed by atoms with van der Waals surface area (Å²) in [6.07, 6.45) is 3.55. The number of nitrogens with two attached hydrogens (primary N) is 1. The predicted molar refractivity (Wildman–Crippen MR) is 67.3 cm³/mol. The molecular formula is C12H18ClN3O. The molecule has 1 atom stereocenters. The molecule has 2 N–H and O–H groups in total. The maximum Gasteiger partial charge on any atom is 0.202 e. The van der Waals surface area contributed by atoms with Crippen LogP contribution in [0.5, 0.6) is 0 Å². The summed E-state index contributed by atoms with van der Waals surface area (Å²) in [6, 6.07) is 0.0939. The Hall–Kier alpha value is -0.870. The Kier molecular flexibility index (Phi) is 3.04. The number of rotatable bonds is 4. The van der Waals surface area contributed by atoms with E-state index in [9.17, 15) is 4.79 Å². The van der Waals surface area contributed by atoms with Gasteiger partial charge in [-0.25, -0.2) is 0 Å². The first-order valence-corrected chi connectivity index (χ1v) is 6.30. The van der Waals surface area contributed by atoms with Gasteiger partial charge in [0.25, 0.3) is 0 Å². The molecule has 1 aliphatic rings. The van der Waals surface area contributed by atoms with Gasteiger partial charge in [0, 0.05) is 6.04 Å². The molecule has 94 valence electrons. The van der Waals surface area contributed by atoms with Crippen molar-refractivity contribution in [2.75, 3.05) is 0 Å². The van der Waals surface area contributed by atoms with Crippen LogP contribution >= 0.6 is 11.6 Å². The molecule has 4 nitrogen and oxygen atoms in total. The van der Waals surface area contributed by atoms with Gasteiger partial charge in [-0.05, 0) is 39.5 Å². The molecule has 0 bridgehead atoms. The van der Waals surface area contributed by atoms with E-state index in [4.69, 9.17) is 17.3 Å². The first kappa shape index (κ1) is 12.6. The number of halogens is 1. The normalized spacial score (nSPS) is 19.4. The smallest absolute Gasteiger partial charge is 0.202 e. The molecule has 1 saturated carbocycles. The molecule has 0 aliphatic heterocycles. The molecule has 1 aliphatic carbocycles. The van der Waals surface area contributed by atoms with Crippen molar-refractivity contribution in [3.8, 4) is 0 Å². The van der Waals surface area contributed by atoms with Crippen LogP contribution in [0, 0.1) is 5.92 Å². The van der Waals surface area contributed by atoms with Crippen molar-refractivity contribution in [1.29, 1.82) is 0 Å². The van der Waals surface area contributed by atoms with Gasteiger partial charge in [0.05, 0.1) is 16.8 Å². The minimum atomic E-state index is -0.823. The Labute approximate surface area is 106 Å².